The van der Waals surface area contributed by atoms with Crippen LogP contribution >= 0.6 is 0 Å². The predicted molar refractivity (Wildman–Crippen MR) is 84.2 cm³/mol. The van der Waals surface area contributed by atoms with Gasteiger partial charge in [-0.1, -0.05) is 30.3 Å². The fraction of sp³-hybridized carbons (Fsp3) is 0.278. The SMILES string of the molecule is O=C(O)c1cccc(CNC2CCCOc3ccccc32)c1. The van der Waals surface area contributed by atoms with Gasteiger partial charge in [0.1, 0.15) is 5.75 Å². The van der Waals surface area contributed by atoms with Crippen molar-refractivity contribution in [2.24, 2.45) is 0 Å². The maximum atomic E-state index is 11.0. The van der Waals surface area contributed by atoms with Gasteiger partial charge >= 0.3 is 5.97 Å². The number of benzene rings is 2. The normalized spacial score (nSPS) is 17.2. The van der Waals surface area contributed by atoms with Crippen LogP contribution in [0.1, 0.15) is 40.4 Å². The first kappa shape index (κ1) is 14.6. The van der Waals surface area contributed by atoms with E-state index in [4.69, 9.17) is 9.84 Å². The van der Waals surface area contributed by atoms with Crippen LogP contribution in [0.5, 0.6) is 5.75 Å². The minimum Gasteiger partial charge on any atom is -0.493 e. The molecule has 0 saturated heterocycles. The van der Waals surface area contributed by atoms with Gasteiger partial charge in [0, 0.05) is 18.2 Å². The standard InChI is InChI=1S/C18H19NO3/c20-18(21)14-6-3-5-13(11-14)12-19-16-8-4-10-22-17-9-2-1-7-15(16)17/h1-3,5-7,9,11,16,19H,4,8,10,12H2,(H,20,21). The largest absolute Gasteiger partial charge is 0.493 e. The molecule has 0 aliphatic carbocycles. The second-order valence-corrected chi connectivity index (χ2v) is 5.47. The molecule has 0 amide bonds. The lowest BCUT2D eigenvalue weighted by atomic mass is 10.0. The van der Waals surface area contributed by atoms with Gasteiger partial charge in [-0.2, -0.15) is 0 Å². The Bertz CT molecular complexity index is 669. The van der Waals surface area contributed by atoms with E-state index in [0.29, 0.717) is 12.1 Å². The molecule has 1 aliphatic heterocycles. The highest BCUT2D eigenvalue weighted by atomic mass is 16.5. The molecule has 4 heteroatoms. The monoisotopic (exact) mass is 297 g/mol. The molecule has 1 unspecified atom stereocenters. The molecule has 1 heterocycles. The number of ether oxygens (including phenoxy) is 1. The zero-order valence-electron chi connectivity index (χ0n) is 12.3. The second-order valence-electron chi connectivity index (χ2n) is 5.47. The third-order valence-electron chi connectivity index (χ3n) is 3.92. The number of aromatic carboxylic acids is 1. The molecule has 2 aromatic carbocycles. The Labute approximate surface area is 129 Å². The molecule has 0 saturated carbocycles. The van der Waals surface area contributed by atoms with Crippen molar-refractivity contribution in [3.05, 3.63) is 65.2 Å². The summed E-state index contributed by atoms with van der Waals surface area (Å²) < 4.78 is 5.76. The Morgan fingerprint density at radius 2 is 2.09 bits per heavy atom. The lowest BCUT2D eigenvalue weighted by Crippen LogP contribution is -2.20. The van der Waals surface area contributed by atoms with Crippen LogP contribution < -0.4 is 10.1 Å². The van der Waals surface area contributed by atoms with E-state index in [-0.39, 0.29) is 6.04 Å². The van der Waals surface area contributed by atoms with Gasteiger partial charge in [0.15, 0.2) is 0 Å². The first-order valence-corrected chi connectivity index (χ1v) is 7.51. The second kappa shape index (κ2) is 6.62. The minimum atomic E-state index is -0.893. The highest BCUT2D eigenvalue weighted by Gasteiger charge is 2.18. The first-order valence-electron chi connectivity index (χ1n) is 7.51. The summed E-state index contributed by atoms with van der Waals surface area (Å²) in [4.78, 5) is 11.0. The van der Waals surface area contributed by atoms with Gasteiger partial charge in [0.2, 0.25) is 0 Å². The lowest BCUT2D eigenvalue weighted by molar-refractivity contribution is 0.0696. The van der Waals surface area contributed by atoms with Crippen molar-refractivity contribution in [3.8, 4) is 5.75 Å². The van der Waals surface area contributed by atoms with E-state index < -0.39 is 5.97 Å². The Morgan fingerprint density at radius 3 is 2.95 bits per heavy atom. The minimum absolute atomic E-state index is 0.229. The highest BCUT2D eigenvalue weighted by Crippen LogP contribution is 2.31. The maximum Gasteiger partial charge on any atom is 0.335 e. The van der Waals surface area contributed by atoms with Crippen LogP contribution in [-0.4, -0.2) is 17.7 Å². The Morgan fingerprint density at radius 1 is 1.23 bits per heavy atom. The maximum absolute atomic E-state index is 11.0. The predicted octanol–water partition coefficient (Wildman–Crippen LogP) is 3.39. The van der Waals surface area contributed by atoms with Gasteiger partial charge in [-0.05, 0) is 36.6 Å². The average molecular weight is 297 g/mol. The van der Waals surface area contributed by atoms with Gasteiger partial charge in [-0.3, -0.25) is 0 Å². The molecule has 0 radical (unpaired) electrons. The summed E-state index contributed by atoms with van der Waals surface area (Å²) in [6.45, 7) is 1.38. The van der Waals surface area contributed by atoms with E-state index in [9.17, 15) is 4.79 Å². The molecule has 0 aromatic heterocycles. The van der Waals surface area contributed by atoms with Crippen LogP contribution in [0.3, 0.4) is 0 Å². The van der Waals surface area contributed by atoms with E-state index in [0.717, 1.165) is 30.8 Å². The van der Waals surface area contributed by atoms with Crippen molar-refractivity contribution in [1.29, 1.82) is 0 Å². The van der Waals surface area contributed by atoms with Gasteiger partial charge in [0.05, 0.1) is 12.2 Å². The van der Waals surface area contributed by atoms with E-state index in [2.05, 4.69) is 11.4 Å². The van der Waals surface area contributed by atoms with E-state index in [1.54, 1.807) is 18.2 Å². The van der Waals surface area contributed by atoms with Crippen LogP contribution in [0, 0.1) is 0 Å². The number of rotatable bonds is 4. The molecule has 1 aliphatic rings. The number of carboxylic acid groups (broad SMARTS) is 1. The number of hydrogen-bond donors (Lipinski definition) is 2. The van der Waals surface area contributed by atoms with Crippen LogP contribution in [-0.2, 0) is 6.54 Å². The summed E-state index contributed by atoms with van der Waals surface area (Å²) in [5.74, 6) is 0.0480. The van der Waals surface area contributed by atoms with Crippen molar-refractivity contribution in [2.45, 2.75) is 25.4 Å². The molecule has 2 aromatic rings. The zero-order chi connectivity index (χ0) is 15.4. The summed E-state index contributed by atoms with van der Waals surface area (Å²) in [7, 11) is 0. The molecular formula is C18H19NO3. The molecule has 4 nitrogen and oxygen atoms in total. The van der Waals surface area contributed by atoms with Crippen molar-refractivity contribution in [2.75, 3.05) is 6.61 Å². The highest BCUT2D eigenvalue weighted by molar-refractivity contribution is 5.87. The molecule has 1 atom stereocenters. The number of carbonyl (C=O) groups is 1. The molecule has 0 fully saturated rings. The zero-order valence-corrected chi connectivity index (χ0v) is 12.3. The summed E-state index contributed by atoms with van der Waals surface area (Å²) in [6.07, 6.45) is 2.01. The number of nitrogens with one attached hydrogen (secondary N) is 1. The van der Waals surface area contributed by atoms with E-state index >= 15 is 0 Å². The fourth-order valence-corrected chi connectivity index (χ4v) is 2.79. The van der Waals surface area contributed by atoms with E-state index in [1.807, 2.05) is 24.3 Å². The molecular weight excluding hydrogens is 278 g/mol. The van der Waals surface area contributed by atoms with Crippen molar-refractivity contribution < 1.29 is 14.6 Å². The van der Waals surface area contributed by atoms with E-state index in [1.165, 1.54) is 5.56 Å². The Kier molecular flexibility index (Phi) is 4.39. The average Bonchev–Trinajstić information content (AvgIpc) is 2.75. The first-order chi connectivity index (χ1) is 10.7. The van der Waals surface area contributed by atoms with Crippen LogP contribution in [0.15, 0.2) is 48.5 Å². The van der Waals surface area contributed by atoms with Crippen LogP contribution in [0.4, 0.5) is 0 Å². The summed E-state index contributed by atoms with van der Waals surface area (Å²) in [5.41, 5.74) is 2.47. The van der Waals surface area contributed by atoms with Crippen molar-refractivity contribution in [1.82, 2.24) is 5.32 Å². The van der Waals surface area contributed by atoms with Crippen LogP contribution in [0.25, 0.3) is 0 Å². The van der Waals surface area contributed by atoms with Gasteiger partial charge in [-0.25, -0.2) is 4.79 Å². The summed E-state index contributed by atoms with van der Waals surface area (Å²) in [5, 5.41) is 12.6. The fourth-order valence-electron chi connectivity index (χ4n) is 2.79. The number of carboxylic acids is 1. The Hall–Kier alpha value is -2.33. The number of para-hydroxylation sites is 1. The topological polar surface area (TPSA) is 58.6 Å². The molecule has 3 rings (SSSR count). The summed E-state index contributed by atoms with van der Waals surface area (Å²) >= 11 is 0. The van der Waals surface area contributed by atoms with Crippen LogP contribution in [0.2, 0.25) is 0 Å². The molecule has 22 heavy (non-hydrogen) atoms. The third kappa shape index (κ3) is 3.28. The van der Waals surface area contributed by atoms with Crippen molar-refractivity contribution >= 4 is 5.97 Å². The quantitative estimate of drug-likeness (QED) is 0.908. The van der Waals surface area contributed by atoms with Gasteiger partial charge in [0.25, 0.3) is 0 Å². The van der Waals surface area contributed by atoms with Gasteiger partial charge in [-0.15, -0.1) is 0 Å². The van der Waals surface area contributed by atoms with Crippen molar-refractivity contribution in [3.63, 3.8) is 0 Å². The molecule has 0 bridgehead atoms. The number of hydrogen-bond acceptors (Lipinski definition) is 3. The molecule has 0 spiro atoms. The molecule has 2 N–H and O–H groups in total. The lowest BCUT2D eigenvalue weighted by Gasteiger charge is -2.18. The molecule has 114 valence electrons. The smallest absolute Gasteiger partial charge is 0.335 e. The third-order valence-corrected chi connectivity index (χ3v) is 3.92. The number of fused-ring (bicyclic) bond motifs is 1. The summed E-state index contributed by atoms with van der Waals surface area (Å²) in [6, 6.07) is 15.4. The Balaban J connectivity index is 1.73. The van der Waals surface area contributed by atoms with Gasteiger partial charge < -0.3 is 15.2 Å².